The quantitative estimate of drug-likeness (QED) is 0.765. The molecule has 0 saturated carbocycles. The van der Waals surface area contributed by atoms with Gasteiger partial charge in [-0.1, -0.05) is 15.9 Å². The number of carbonyl (C=O) groups is 1. The van der Waals surface area contributed by atoms with Gasteiger partial charge in [0.25, 0.3) is 0 Å². The van der Waals surface area contributed by atoms with Crippen LogP contribution in [0.3, 0.4) is 0 Å². The van der Waals surface area contributed by atoms with Crippen LogP contribution in [0, 0.1) is 13.8 Å². The Morgan fingerprint density at radius 3 is 2.80 bits per heavy atom. The van der Waals surface area contributed by atoms with E-state index in [1.807, 2.05) is 23.6 Å². The largest absolute Gasteiger partial charge is 0.337 e. The number of aryl methyl sites for hydroxylation is 1. The Bertz CT molecular complexity index is 528. The molecule has 0 amide bonds. The predicted molar refractivity (Wildman–Crippen MR) is 65.2 cm³/mol. The molecule has 0 N–H and O–H groups in total. The van der Waals surface area contributed by atoms with Gasteiger partial charge in [0.05, 0.1) is 6.54 Å². The molecule has 3 heteroatoms. The maximum absolute atomic E-state index is 10.6. The highest BCUT2D eigenvalue weighted by molar-refractivity contribution is 9.10. The predicted octanol–water partition coefficient (Wildman–Crippen LogP) is 3.22. The number of aromatic nitrogens is 1. The highest BCUT2D eigenvalue weighted by Gasteiger charge is 2.10. The molecule has 0 spiro atoms. The van der Waals surface area contributed by atoms with Crippen molar-refractivity contribution < 1.29 is 4.79 Å². The number of benzene rings is 1. The zero-order valence-corrected chi connectivity index (χ0v) is 10.3. The minimum Gasteiger partial charge on any atom is -0.337 e. The molecule has 2 aromatic rings. The van der Waals surface area contributed by atoms with Gasteiger partial charge in [-0.2, -0.15) is 0 Å². The van der Waals surface area contributed by atoms with Crippen LogP contribution >= 0.6 is 15.9 Å². The molecule has 0 atom stereocenters. The Kier molecular flexibility index (Phi) is 2.65. The van der Waals surface area contributed by atoms with Crippen molar-refractivity contribution in [3.05, 3.63) is 33.9 Å². The van der Waals surface area contributed by atoms with Gasteiger partial charge in [-0.15, -0.1) is 0 Å². The lowest BCUT2D eigenvalue weighted by atomic mass is 10.2. The van der Waals surface area contributed by atoms with Crippen molar-refractivity contribution in [3.8, 4) is 0 Å². The van der Waals surface area contributed by atoms with E-state index in [1.54, 1.807) is 0 Å². The molecule has 0 aliphatic heterocycles. The Morgan fingerprint density at radius 1 is 1.40 bits per heavy atom. The first kappa shape index (κ1) is 10.4. The molecule has 0 bridgehead atoms. The van der Waals surface area contributed by atoms with E-state index in [1.165, 1.54) is 10.9 Å². The minimum atomic E-state index is 0.428. The summed E-state index contributed by atoms with van der Waals surface area (Å²) in [5, 5.41) is 1.21. The van der Waals surface area contributed by atoms with Crippen molar-refractivity contribution in [2.45, 2.75) is 20.4 Å². The fourth-order valence-corrected chi connectivity index (χ4v) is 2.29. The first-order valence-electron chi connectivity index (χ1n) is 4.83. The number of halogens is 1. The Labute approximate surface area is 97.0 Å². The summed E-state index contributed by atoms with van der Waals surface area (Å²) in [7, 11) is 0. The van der Waals surface area contributed by atoms with E-state index >= 15 is 0 Å². The molecule has 0 saturated heterocycles. The van der Waals surface area contributed by atoms with Crippen molar-refractivity contribution in [1.29, 1.82) is 0 Å². The van der Waals surface area contributed by atoms with E-state index in [9.17, 15) is 4.79 Å². The molecule has 1 heterocycles. The first-order valence-corrected chi connectivity index (χ1v) is 5.63. The molecule has 0 radical (unpaired) electrons. The average molecular weight is 266 g/mol. The van der Waals surface area contributed by atoms with Crippen molar-refractivity contribution in [2.75, 3.05) is 0 Å². The number of carbonyl (C=O) groups excluding carboxylic acids is 1. The highest BCUT2D eigenvalue weighted by atomic mass is 79.9. The lowest BCUT2D eigenvalue weighted by Crippen LogP contribution is -2.00. The Morgan fingerprint density at radius 2 is 2.13 bits per heavy atom. The molecule has 0 fully saturated rings. The third kappa shape index (κ3) is 1.61. The second-order valence-corrected chi connectivity index (χ2v) is 4.56. The van der Waals surface area contributed by atoms with Crippen LogP contribution in [0.1, 0.15) is 11.3 Å². The molecule has 15 heavy (non-hydrogen) atoms. The third-order valence-electron chi connectivity index (χ3n) is 2.86. The Balaban J connectivity index is 2.80. The van der Waals surface area contributed by atoms with Crippen molar-refractivity contribution in [2.24, 2.45) is 0 Å². The van der Waals surface area contributed by atoms with E-state index in [0.717, 1.165) is 22.0 Å². The van der Waals surface area contributed by atoms with E-state index in [2.05, 4.69) is 28.9 Å². The molecule has 0 aliphatic carbocycles. The van der Waals surface area contributed by atoms with E-state index in [0.29, 0.717) is 6.54 Å². The van der Waals surface area contributed by atoms with Crippen molar-refractivity contribution in [3.63, 3.8) is 0 Å². The van der Waals surface area contributed by atoms with Gasteiger partial charge in [0.2, 0.25) is 0 Å². The fraction of sp³-hybridized carbons (Fsp3) is 0.250. The van der Waals surface area contributed by atoms with E-state index < -0.39 is 0 Å². The topological polar surface area (TPSA) is 22.0 Å². The molecule has 1 aromatic heterocycles. The fourth-order valence-electron chi connectivity index (χ4n) is 1.93. The van der Waals surface area contributed by atoms with E-state index in [-0.39, 0.29) is 0 Å². The number of aldehydes is 1. The highest BCUT2D eigenvalue weighted by Crippen LogP contribution is 2.27. The molecule has 2 rings (SSSR count). The third-order valence-corrected chi connectivity index (χ3v) is 3.35. The number of hydrogen-bond donors (Lipinski definition) is 0. The van der Waals surface area contributed by atoms with Crippen molar-refractivity contribution in [1.82, 2.24) is 4.57 Å². The van der Waals surface area contributed by atoms with Crippen LogP contribution in [-0.4, -0.2) is 10.9 Å². The maximum atomic E-state index is 10.6. The van der Waals surface area contributed by atoms with Gasteiger partial charge in [-0.25, -0.2) is 0 Å². The smallest absolute Gasteiger partial charge is 0.139 e. The maximum Gasteiger partial charge on any atom is 0.139 e. The zero-order chi connectivity index (χ0) is 11.0. The Hall–Kier alpha value is -1.09. The lowest BCUT2D eigenvalue weighted by molar-refractivity contribution is -0.108. The van der Waals surface area contributed by atoms with Crippen LogP contribution in [0.5, 0.6) is 0 Å². The summed E-state index contributed by atoms with van der Waals surface area (Å²) in [6, 6.07) is 6.14. The van der Waals surface area contributed by atoms with Gasteiger partial charge in [0.1, 0.15) is 6.29 Å². The van der Waals surface area contributed by atoms with Gasteiger partial charge in [-0.05, 0) is 37.6 Å². The molecule has 1 aromatic carbocycles. The standard InChI is InChI=1S/C12H12BrNO/c1-8-9(2)14(5-6-15)12-4-3-10(13)7-11(8)12/h3-4,6-7H,5H2,1-2H3. The molecule has 0 unspecified atom stereocenters. The van der Waals surface area contributed by atoms with Crippen LogP contribution in [0.4, 0.5) is 0 Å². The number of fused-ring (bicyclic) bond motifs is 1. The second-order valence-electron chi connectivity index (χ2n) is 3.65. The summed E-state index contributed by atoms with van der Waals surface area (Å²) in [6.45, 7) is 4.57. The summed E-state index contributed by atoms with van der Waals surface area (Å²) in [6.07, 6.45) is 0.938. The van der Waals surface area contributed by atoms with Gasteiger partial charge < -0.3 is 9.36 Å². The number of rotatable bonds is 2. The molecular weight excluding hydrogens is 254 g/mol. The SMILES string of the molecule is Cc1c(C)n(CC=O)c2ccc(Br)cc12. The number of hydrogen-bond acceptors (Lipinski definition) is 1. The first-order chi connectivity index (χ1) is 7.15. The monoisotopic (exact) mass is 265 g/mol. The second kappa shape index (κ2) is 3.81. The van der Waals surface area contributed by atoms with Gasteiger partial charge in [0.15, 0.2) is 0 Å². The van der Waals surface area contributed by atoms with Crippen LogP contribution in [0.15, 0.2) is 22.7 Å². The van der Waals surface area contributed by atoms with Crippen LogP contribution in [-0.2, 0) is 11.3 Å². The number of nitrogens with zero attached hydrogens (tertiary/aromatic N) is 1. The molecule has 0 aliphatic rings. The summed E-state index contributed by atoms with van der Waals surface area (Å²) in [5.41, 5.74) is 3.53. The molecule has 2 nitrogen and oxygen atoms in total. The molecular formula is C12H12BrNO. The van der Waals surface area contributed by atoms with Gasteiger partial charge in [0, 0.05) is 21.1 Å². The summed E-state index contributed by atoms with van der Waals surface area (Å²) >= 11 is 3.46. The van der Waals surface area contributed by atoms with Crippen LogP contribution in [0.2, 0.25) is 0 Å². The van der Waals surface area contributed by atoms with Crippen LogP contribution in [0.25, 0.3) is 10.9 Å². The molecule has 78 valence electrons. The summed E-state index contributed by atoms with van der Waals surface area (Å²) in [4.78, 5) is 10.6. The zero-order valence-electron chi connectivity index (χ0n) is 8.75. The summed E-state index contributed by atoms with van der Waals surface area (Å²) in [5.74, 6) is 0. The lowest BCUT2D eigenvalue weighted by Gasteiger charge is -2.02. The minimum absolute atomic E-state index is 0.428. The normalized spacial score (nSPS) is 10.9. The average Bonchev–Trinajstić information content (AvgIpc) is 2.44. The summed E-state index contributed by atoms with van der Waals surface area (Å²) < 4.78 is 3.12. The van der Waals surface area contributed by atoms with Crippen molar-refractivity contribution >= 4 is 33.1 Å². The van der Waals surface area contributed by atoms with Gasteiger partial charge in [-0.3, -0.25) is 0 Å². The van der Waals surface area contributed by atoms with E-state index in [4.69, 9.17) is 0 Å². The van der Waals surface area contributed by atoms with Crippen LogP contribution < -0.4 is 0 Å². The van der Waals surface area contributed by atoms with Gasteiger partial charge >= 0.3 is 0 Å².